The Hall–Kier alpha value is -2.87. The lowest BCUT2D eigenvalue weighted by atomic mass is 10.2. The van der Waals surface area contributed by atoms with Crippen LogP contribution < -0.4 is 5.32 Å². The van der Waals surface area contributed by atoms with Gasteiger partial charge in [0.1, 0.15) is 5.01 Å². The molecule has 1 aromatic carbocycles. The summed E-state index contributed by atoms with van der Waals surface area (Å²) in [5.41, 5.74) is 3.71. The van der Waals surface area contributed by atoms with E-state index in [-0.39, 0.29) is 5.91 Å². The smallest absolute Gasteiger partial charge is 0.253 e. The highest BCUT2D eigenvalue weighted by atomic mass is 35.5. The fourth-order valence-electron chi connectivity index (χ4n) is 3.22. The first kappa shape index (κ1) is 20.4. The van der Waals surface area contributed by atoms with Gasteiger partial charge in [-0.3, -0.25) is 9.36 Å². The van der Waals surface area contributed by atoms with Crippen molar-refractivity contribution >= 4 is 28.8 Å². The van der Waals surface area contributed by atoms with E-state index in [2.05, 4.69) is 5.32 Å². The van der Waals surface area contributed by atoms with Crippen molar-refractivity contribution in [1.82, 2.24) is 14.9 Å². The van der Waals surface area contributed by atoms with Gasteiger partial charge >= 0.3 is 0 Å². The molecule has 4 rings (SSSR count). The second kappa shape index (κ2) is 8.87. The lowest BCUT2D eigenvalue weighted by molar-refractivity contribution is 0.0936. The Morgan fingerprint density at radius 3 is 2.87 bits per heavy atom. The molecule has 154 valence electrons. The van der Waals surface area contributed by atoms with Crippen LogP contribution in [0.25, 0.3) is 27.8 Å². The van der Waals surface area contributed by atoms with E-state index in [9.17, 15) is 4.79 Å². The Morgan fingerprint density at radius 2 is 2.13 bits per heavy atom. The van der Waals surface area contributed by atoms with Crippen molar-refractivity contribution in [1.29, 1.82) is 0 Å². The molecule has 0 unspecified atom stereocenters. The van der Waals surface area contributed by atoms with Gasteiger partial charge in [-0.25, -0.2) is 4.98 Å². The van der Waals surface area contributed by atoms with Crippen LogP contribution in [0.3, 0.4) is 0 Å². The van der Waals surface area contributed by atoms with Gasteiger partial charge in [0.2, 0.25) is 5.88 Å². The Morgan fingerprint density at radius 1 is 1.30 bits per heavy atom. The number of aromatic nitrogens is 2. The minimum Gasteiger partial charge on any atom is -0.448 e. The van der Waals surface area contributed by atoms with E-state index in [1.54, 1.807) is 13.4 Å². The number of rotatable bonds is 7. The van der Waals surface area contributed by atoms with Crippen LogP contribution >= 0.6 is 22.9 Å². The summed E-state index contributed by atoms with van der Waals surface area (Å²) in [6, 6.07) is 13.1. The normalized spacial score (nSPS) is 11.0. The summed E-state index contributed by atoms with van der Waals surface area (Å²) in [4.78, 5) is 17.5. The number of halogens is 1. The number of nitrogens with one attached hydrogen (secondary N) is 1. The van der Waals surface area contributed by atoms with Crippen molar-refractivity contribution in [2.45, 2.75) is 6.92 Å². The molecule has 0 saturated carbocycles. The number of amides is 1. The van der Waals surface area contributed by atoms with E-state index in [0.29, 0.717) is 29.6 Å². The van der Waals surface area contributed by atoms with Gasteiger partial charge in [-0.05, 0) is 25.1 Å². The standard InChI is InChI=1S/C22H20ClN3O3S/c1-14-16(21(27)24-9-11-28-2)12-19(26(14)20-8-5-10-29-20)18-13-30-22(25-18)15-6-3-4-7-17(15)23/h3-8,10,12-13H,9,11H2,1-2H3,(H,24,27). The van der Waals surface area contributed by atoms with Crippen LogP contribution in [0.2, 0.25) is 5.02 Å². The number of methoxy groups -OCH3 is 1. The highest BCUT2D eigenvalue weighted by molar-refractivity contribution is 7.13. The zero-order valence-electron chi connectivity index (χ0n) is 16.5. The monoisotopic (exact) mass is 441 g/mol. The molecule has 0 radical (unpaired) electrons. The first-order chi connectivity index (χ1) is 14.6. The summed E-state index contributed by atoms with van der Waals surface area (Å²) in [5, 5.41) is 6.29. The lowest BCUT2D eigenvalue weighted by Crippen LogP contribution is -2.27. The fourth-order valence-corrected chi connectivity index (χ4v) is 4.35. The Balaban J connectivity index is 1.77. The quantitative estimate of drug-likeness (QED) is 0.400. The number of hydrogen-bond acceptors (Lipinski definition) is 5. The van der Waals surface area contributed by atoms with Crippen LogP contribution in [0.15, 0.2) is 58.5 Å². The maximum Gasteiger partial charge on any atom is 0.253 e. The highest BCUT2D eigenvalue weighted by Crippen LogP contribution is 2.35. The van der Waals surface area contributed by atoms with Gasteiger partial charge in [0.05, 0.1) is 34.8 Å². The Kier molecular flexibility index (Phi) is 6.03. The molecule has 0 aliphatic rings. The summed E-state index contributed by atoms with van der Waals surface area (Å²) in [6.07, 6.45) is 1.60. The number of hydrogen-bond donors (Lipinski definition) is 1. The summed E-state index contributed by atoms with van der Waals surface area (Å²) in [7, 11) is 1.60. The van der Waals surface area contributed by atoms with E-state index >= 15 is 0 Å². The SMILES string of the molecule is COCCNC(=O)c1cc(-c2csc(-c3ccccc3Cl)n2)n(-c2ccco2)c1C. The van der Waals surface area contributed by atoms with Crippen LogP contribution in [0.1, 0.15) is 16.1 Å². The molecule has 0 spiro atoms. The van der Waals surface area contributed by atoms with Gasteiger partial charge in [-0.1, -0.05) is 29.8 Å². The molecule has 1 N–H and O–H groups in total. The molecule has 3 aromatic heterocycles. The van der Waals surface area contributed by atoms with Crippen molar-refractivity contribution in [2.24, 2.45) is 0 Å². The maximum atomic E-state index is 12.7. The summed E-state index contributed by atoms with van der Waals surface area (Å²) >= 11 is 7.84. The Labute approximate surface area is 183 Å². The van der Waals surface area contributed by atoms with Crippen LogP contribution in [0.4, 0.5) is 0 Å². The second-order valence-corrected chi connectivity index (χ2v) is 7.85. The molecule has 6 nitrogen and oxygen atoms in total. The largest absolute Gasteiger partial charge is 0.448 e. The van der Waals surface area contributed by atoms with Gasteiger partial charge in [0, 0.05) is 36.4 Å². The van der Waals surface area contributed by atoms with Gasteiger partial charge < -0.3 is 14.5 Å². The second-order valence-electron chi connectivity index (χ2n) is 6.58. The van der Waals surface area contributed by atoms with Gasteiger partial charge in [0.15, 0.2) is 0 Å². The van der Waals surface area contributed by atoms with E-state index in [1.165, 1.54) is 11.3 Å². The lowest BCUT2D eigenvalue weighted by Gasteiger charge is -2.08. The van der Waals surface area contributed by atoms with Crippen molar-refractivity contribution in [2.75, 3.05) is 20.3 Å². The third-order valence-electron chi connectivity index (χ3n) is 4.68. The molecule has 30 heavy (non-hydrogen) atoms. The van der Waals surface area contributed by atoms with E-state index < -0.39 is 0 Å². The molecule has 3 heterocycles. The first-order valence-electron chi connectivity index (χ1n) is 9.34. The molecule has 8 heteroatoms. The Bertz CT molecular complexity index is 1160. The maximum absolute atomic E-state index is 12.7. The summed E-state index contributed by atoms with van der Waals surface area (Å²) in [6.45, 7) is 2.77. The summed E-state index contributed by atoms with van der Waals surface area (Å²) < 4.78 is 12.5. The van der Waals surface area contributed by atoms with Crippen LogP contribution in [0, 0.1) is 6.92 Å². The van der Waals surface area contributed by atoms with Gasteiger partial charge in [-0.2, -0.15) is 0 Å². The number of nitrogens with zero attached hydrogens (tertiary/aromatic N) is 2. The number of carbonyl (C=O) groups excluding carboxylic acids is 1. The third kappa shape index (κ3) is 3.92. The number of benzene rings is 1. The molecule has 0 atom stereocenters. The van der Waals surface area contributed by atoms with Crippen molar-refractivity contribution in [3.8, 4) is 27.8 Å². The minimum atomic E-state index is -0.169. The summed E-state index contributed by atoms with van der Waals surface area (Å²) in [5.74, 6) is 0.448. The molecule has 4 aromatic rings. The van der Waals surface area contributed by atoms with Crippen molar-refractivity contribution in [3.63, 3.8) is 0 Å². The number of furan rings is 1. The third-order valence-corrected chi connectivity index (χ3v) is 5.89. The predicted molar refractivity (Wildman–Crippen MR) is 119 cm³/mol. The average Bonchev–Trinajstić information content (AvgIpc) is 3.48. The van der Waals surface area contributed by atoms with Crippen LogP contribution in [-0.4, -0.2) is 35.7 Å². The zero-order valence-corrected chi connectivity index (χ0v) is 18.1. The number of carbonyl (C=O) groups is 1. The van der Waals surface area contributed by atoms with Crippen molar-refractivity contribution in [3.05, 3.63) is 70.4 Å². The highest BCUT2D eigenvalue weighted by Gasteiger charge is 2.22. The van der Waals surface area contributed by atoms with Gasteiger partial charge in [0.25, 0.3) is 5.91 Å². The first-order valence-corrected chi connectivity index (χ1v) is 10.6. The molecule has 0 aliphatic heterocycles. The van der Waals surface area contributed by atoms with E-state index in [0.717, 1.165) is 27.7 Å². The fraction of sp³-hybridized carbons (Fsp3) is 0.182. The van der Waals surface area contributed by atoms with E-state index in [4.69, 9.17) is 25.7 Å². The van der Waals surface area contributed by atoms with E-state index in [1.807, 2.05) is 59.3 Å². The molecule has 0 aliphatic carbocycles. The molecule has 0 saturated heterocycles. The van der Waals surface area contributed by atoms with Crippen LogP contribution in [-0.2, 0) is 4.74 Å². The molecule has 1 amide bonds. The average molecular weight is 442 g/mol. The molecular weight excluding hydrogens is 422 g/mol. The molecule has 0 bridgehead atoms. The zero-order chi connectivity index (χ0) is 21.1. The van der Waals surface area contributed by atoms with Crippen LogP contribution in [0.5, 0.6) is 0 Å². The topological polar surface area (TPSA) is 69.3 Å². The number of ether oxygens (including phenoxy) is 1. The van der Waals surface area contributed by atoms with Gasteiger partial charge in [-0.15, -0.1) is 11.3 Å². The molecular formula is C22H20ClN3O3S. The predicted octanol–water partition coefficient (Wildman–Crippen LogP) is 5.20. The molecule has 0 fully saturated rings. The number of thiazole rings is 1. The van der Waals surface area contributed by atoms with Crippen molar-refractivity contribution < 1.29 is 13.9 Å². The minimum absolute atomic E-state index is 0.169.